The molecule has 1 unspecified atom stereocenters. The van der Waals surface area contributed by atoms with Crippen LogP contribution < -0.4 is 0 Å². The highest BCUT2D eigenvalue weighted by Crippen LogP contribution is 2.40. The molecule has 0 spiro atoms. The summed E-state index contributed by atoms with van der Waals surface area (Å²) in [5, 5.41) is 0. The van der Waals surface area contributed by atoms with Gasteiger partial charge in [-0.2, -0.15) is 0 Å². The molecule has 0 rings (SSSR count). The van der Waals surface area contributed by atoms with Crippen molar-refractivity contribution in [1.29, 1.82) is 0 Å². The van der Waals surface area contributed by atoms with Crippen LogP contribution in [-0.4, -0.2) is 28.4 Å². The molecular weight excluding hydrogens is 150 g/mol. The van der Waals surface area contributed by atoms with E-state index in [1.807, 2.05) is 0 Å². The van der Waals surface area contributed by atoms with Gasteiger partial charge in [-0.3, -0.25) is 4.57 Å². The standard InChI is InChI=1S/C5H11O2P.Al.3H/c1-3-5-8(6,7)4-2;;;;/h3,5H,4H2,1-2H3,(H,6,7);;;;. The molecule has 0 fully saturated rings. The van der Waals surface area contributed by atoms with Gasteiger partial charge in [-0.15, -0.1) is 0 Å². The van der Waals surface area contributed by atoms with Gasteiger partial charge in [0.05, 0.1) is 0 Å². The summed E-state index contributed by atoms with van der Waals surface area (Å²) in [4.78, 5) is 8.79. The van der Waals surface area contributed by atoms with Gasteiger partial charge >= 0.3 is 0 Å². The summed E-state index contributed by atoms with van der Waals surface area (Å²) >= 11 is 0. The van der Waals surface area contributed by atoms with E-state index in [9.17, 15) is 4.57 Å². The van der Waals surface area contributed by atoms with Gasteiger partial charge in [0.2, 0.25) is 7.37 Å². The fourth-order valence-electron chi connectivity index (χ4n) is 0.338. The Balaban J connectivity index is 0. The summed E-state index contributed by atoms with van der Waals surface area (Å²) in [6.45, 7) is 3.43. The third kappa shape index (κ3) is 6.35. The normalized spacial score (nSPS) is 16.8. The van der Waals surface area contributed by atoms with Crippen LogP contribution in [0.15, 0.2) is 11.9 Å². The average Bonchev–Trinajstić information content (AvgIpc) is 1.67. The molecule has 1 N–H and O–H groups in total. The van der Waals surface area contributed by atoms with Crippen LogP contribution in [0.2, 0.25) is 0 Å². The molecule has 0 amide bonds. The highest BCUT2D eigenvalue weighted by Gasteiger charge is 2.06. The third-order valence-corrected chi connectivity index (χ3v) is 2.51. The molecule has 4 heteroatoms. The van der Waals surface area contributed by atoms with E-state index in [4.69, 9.17) is 4.89 Å². The lowest BCUT2D eigenvalue weighted by Gasteiger charge is -1.98. The minimum Gasteiger partial charge on any atom is -0.341 e. The van der Waals surface area contributed by atoms with Gasteiger partial charge in [-0.05, 0) is 12.7 Å². The molecular formula is C5H14AlO2P. The molecule has 9 heavy (non-hydrogen) atoms. The van der Waals surface area contributed by atoms with Crippen LogP contribution in [0.4, 0.5) is 0 Å². The Bertz CT molecular complexity index is 133. The Hall–Kier alpha value is 0.462. The zero-order valence-corrected chi connectivity index (χ0v) is 6.06. The smallest absolute Gasteiger partial charge is 0.222 e. The van der Waals surface area contributed by atoms with E-state index in [0.717, 1.165) is 0 Å². The number of hydrogen-bond acceptors (Lipinski definition) is 1. The van der Waals surface area contributed by atoms with Gasteiger partial charge in [-0.25, -0.2) is 0 Å². The van der Waals surface area contributed by atoms with Gasteiger partial charge in [0, 0.05) is 6.16 Å². The van der Waals surface area contributed by atoms with Crippen LogP contribution in [0.3, 0.4) is 0 Å². The first-order valence-corrected chi connectivity index (χ1v) is 4.49. The highest BCUT2D eigenvalue weighted by molar-refractivity contribution is 7.61. The van der Waals surface area contributed by atoms with Gasteiger partial charge in [0.25, 0.3) is 0 Å². The van der Waals surface area contributed by atoms with E-state index in [1.165, 1.54) is 5.82 Å². The van der Waals surface area contributed by atoms with Crippen molar-refractivity contribution >= 4 is 24.7 Å². The molecule has 0 aromatic rings. The van der Waals surface area contributed by atoms with Gasteiger partial charge in [0.15, 0.2) is 17.4 Å². The molecule has 0 heterocycles. The Morgan fingerprint density at radius 1 is 1.67 bits per heavy atom. The quantitative estimate of drug-likeness (QED) is 0.480. The maximum Gasteiger partial charge on any atom is 0.222 e. The lowest BCUT2D eigenvalue weighted by molar-refractivity contribution is 0.490. The van der Waals surface area contributed by atoms with Crippen molar-refractivity contribution in [3.63, 3.8) is 0 Å². The third-order valence-electron chi connectivity index (χ3n) is 0.835. The van der Waals surface area contributed by atoms with E-state index in [1.54, 1.807) is 19.9 Å². The van der Waals surface area contributed by atoms with Gasteiger partial charge < -0.3 is 4.89 Å². The van der Waals surface area contributed by atoms with Crippen LogP contribution in [0.1, 0.15) is 13.8 Å². The first-order chi connectivity index (χ1) is 3.62. The van der Waals surface area contributed by atoms with Crippen LogP contribution in [-0.2, 0) is 4.57 Å². The van der Waals surface area contributed by atoms with Crippen molar-refractivity contribution in [2.75, 3.05) is 6.16 Å². The predicted molar refractivity (Wildman–Crippen MR) is 45.1 cm³/mol. The molecule has 1 atom stereocenters. The first-order valence-electron chi connectivity index (χ1n) is 2.57. The SMILES string of the molecule is CC=CP(=O)(O)CC.[AlH3]. The molecule has 0 aromatic heterocycles. The topological polar surface area (TPSA) is 37.3 Å². The lowest BCUT2D eigenvalue weighted by Crippen LogP contribution is -1.75. The zero-order chi connectivity index (χ0) is 6.62. The summed E-state index contributed by atoms with van der Waals surface area (Å²) in [6, 6.07) is 0. The Kier molecular flexibility index (Phi) is 7.12. The molecule has 2 nitrogen and oxygen atoms in total. The van der Waals surface area contributed by atoms with Crippen molar-refractivity contribution in [1.82, 2.24) is 0 Å². The molecule has 0 bridgehead atoms. The summed E-state index contributed by atoms with van der Waals surface area (Å²) in [5.41, 5.74) is 0. The van der Waals surface area contributed by atoms with Crippen molar-refractivity contribution in [3.05, 3.63) is 11.9 Å². The summed E-state index contributed by atoms with van der Waals surface area (Å²) in [6.07, 6.45) is 1.93. The largest absolute Gasteiger partial charge is 0.341 e. The first kappa shape index (κ1) is 12.2. The van der Waals surface area contributed by atoms with Crippen LogP contribution in [0.5, 0.6) is 0 Å². The predicted octanol–water partition coefficient (Wildman–Crippen LogP) is 0.626. The fraction of sp³-hybridized carbons (Fsp3) is 0.600. The van der Waals surface area contributed by atoms with Crippen molar-refractivity contribution in [2.45, 2.75) is 13.8 Å². The molecule has 54 valence electrons. The number of allylic oxidation sites excluding steroid dienone is 1. The molecule has 0 aromatic carbocycles. The fourth-order valence-corrected chi connectivity index (χ4v) is 1.02. The molecule has 0 saturated carbocycles. The van der Waals surface area contributed by atoms with E-state index in [2.05, 4.69) is 0 Å². The second kappa shape index (κ2) is 5.26. The highest BCUT2D eigenvalue weighted by atomic mass is 31.2. The Morgan fingerprint density at radius 3 is 2.22 bits per heavy atom. The van der Waals surface area contributed by atoms with Crippen LogP contribution in [0, 0.1) is 0 Å². The summed E-state index contributed by atoms with van der Waals surface area (Å²) < 4.78 is 10.7. The van der Waals surface area contributed by atoms with Crippen molar-refractivity contribution < 1.29 is 9.46 Å². The Morgan fingerprint density at radius 2 is 2.11 bits per heavy atom. The molecule has 0 saturated heterocycles. The Labute approximate surface area is 66.6 Å². The molecule has 0 aliphatic carbocycles. The van der Waals surface area contributed by atoms with Crippen molar-refractivity contribution in [2.24, 2.45) is 0 Å². The van der Waals surface area contributed by atoms with Crippen LogP contribution >= 0.6 is 7.37 Å². The van der Waals surface area contributed by atoms with E-state index in [-0.39, 0.29) is 17.4 Å². The second-order valence-corrected chi connectivity index (χ2v) is 4.00. The average molecular weight is 164 g/mol. The van der Waals surface area contributed by atoms with E-state index < -0.39 is 7.37 Å². The number of rotatable bonds is 2. The minimum atomic E-state index is -2.85. The van der Waals surface area contributed by atoms with Gasteiger partial charge in [-0.1, -0.05) is 13.0 Å². The molecule has 0 radical (unpaired) electrons. The van der Waals surface area contributed by atoms with E-state index in [0.29, 0.717) is 6.16 Å². The van der Waals surface area contributed by atoms with E-state index >= 15 is 0 Å². The van der Waals surface area contributed by atoms with Crippen LogP contribution in [0.25, 0.3) is 0 Å². The zero-order valence-electron chi connectivity index (χ0n) is 5.16. The number of hydrogen-bond donors (Lipinski definition) is 1. The summed E-state index contributed by atoms with van der Waals surface area (Å²) in [7, 11) is -2.85. The lowest BCUT2D eigenvalue weighted by atomic mass is 10.8. The minimum absolute atomic E-state index is 0. The molecule has 0 aliphatic heterocycles. The van der Waals surface area contributed by atoms with Crippen molar-refractivity contribution in [3.8, 4) is 0 Å². The second-order valence-electron chi connectivity index (χ2n) is 1.55. The maximum atomic E-state index is 10.7. The monoisotopic (exact) mass is 164 g/mol. The molecule has 0 aliphatic rings. The maximum absolute atomic E-state index is 10.7. The summed E-state index contributed by atoms with van der Waals surface area (Å²) in [5.74, 6) is 1.35. The van der Waals surface area contributed by atoms with Gasteiger partial charge in [0.1, 0.15) is 0 Å².